The molecule has 0 unspecified atom stereocenters. The molecule has 1 fully saturated rings. The summed E-state index contributed by atoms with van der Waals surface area (Å²) in [4.78, 5) is 14.0. The molecule has 0 saturated carbocycles. The fourth-order valence-corrected chi connectivity index (χ4v) is 7.01. The monoisotopic (exact) mass is 403 g/mol. The molecule has 0 amide bonds. The van der Waals surface area contributed by atoms with Gasteiger partial charge in [-0.1, -0.05) is 6.07 Å². The number of aromatic nitrogens is 1. The standard InChI is InChI=1S/C21H25NO3S2/c1-14-10-20(15(2)22(14)18-8-9-27(24,25)13-18)21(23)12-26-19-7-6-16-4-3-5-17(16)11-19/h6-7,10-11,18H,3-5,8-9,12-13H2,1-2H3/t18-/m0/s1. The molecule has 0 radical (unpaired) electrons. The minimum absolute atomic E-state index is 0.0408. The van der Waals surface area contributed by atoms with Gasteiger partial charge in [0.1, 0.15) is 0 Å². The minimum Gasteiger partial charge on any atom is -0.344 e. The Morgan fingerprint density at radius 1 is 1.19 bits per heavy atom. The Labute approximate surface area is 165 Å². The van der Waals surface area contributed by atoms with Crippen LogP contribution in [-0.2, 0) is 22.7 Å². The summed E-state index contributed by atoms with van der Waals surface area (Å²) >= 11 is 1.59. The Bertz CT molecular complexity index is 1000. The molecule has 2 aromatic rings. The number of hydrogen-bond acceptors (Lipinski definition) is 4. The SMILES string of the molecule is Cc1cc(C(=O)CSc2ccc3c(c2)CCC3)c(C)n1[C@H]1CCS(=O)(=O)C1. The number of aryl methyl sites for hydroxylation is 3. The van der Waals surface area contributed by atoms with Gasteiger partial charge in [0, 0.05) is 27.9 Å². The summed E-state index contributed by atoms with van der Waals surface area (Å²) in [6, 6.07) is 8.43. The van der Waals surface area contributed by atoms with E-state index in [9.17, 15) is 13.2 Å². The highest BCUT2D eigenvalue weighted by Crippen LogP contribution is 2.31. The Balaban J connectivity index is 1.48. The third-order valence-electron chi connectivity index (χ3n) is 5.80. The quantitative estimate of drug-likeness (QED) is 0.561. The summed E-state index contributed by atoms with van der Waals surface area (Å²) in [6.07, 6.45) is 4.17. The van der Waals surface area contributed by atoms with Crippen molar-refractivity contribution in [2.45, 2.75) is 50.5 Å². The molecule has 4 rings (SSSR count). The fourth-order valence-electron chi connectivity index (χ4n) is 4.46. The van der Waals surface area contributed by atoms with Gasteiger partial charge in [-0.25, -0.2) is 8.42 Å². The second-order valence-electron chi connectivity index (χ2n) is 7.71. The summed E-state index contributed by atoms with van der Waals surface area (Å²) in [5, 5.41) is 0. The lowest BCUT2D eigenvalue weighted by Gasteiger charge is -2.16. The van der Waals surface area contributed by atoms with Crippen LogP contribution in [0, 0.1) is 13.8 Å². The Kier molecular flexibility index (Phi) is 4.97. The van der Waals surface area contributed by atoms with Crippen LogP contribution in [0.3, 0.4) is 0 Å². The van der Waals surface area contributed by atoms with Crippen LogP contribution in [0.2, 0.25) is 0 Å². The molecule has 2 aliphatic rings. The molecule has 144 valence electrons. The highest BCUT2D eigenvalue weighted by Gasteiger charge is 2.31. The maximum Gasteiger partial charge on any atom is 0.174 e. The first-order valence-electron chi connectivity index (χ1n) is 9.51. The summed E-state index contributed by atoms with van der Waals surface area (Å²) < 4.78 is 25.7. The molecular formula is C21H25NO3S2. The molecular weight excluding hydrogens is 378 g/mol. The van der Waals surface area contributed by atoms with Crippen molar-refractivity contribution in [2.75, 3.05) is 17.3 Å². The van der Waals surface area contributed by atoms with Crippen molar-refractivity contribution in [3.63, 3.8) is 0 Å². The average molecular weight is 404 g/mol. The van der Waals surface area contributed by atoms with E-state index in [1.54, 1.807) is 11.8 Å². The van der Waals surface area contributed by atoms with Crippen LogP contribution >= 0.6 is 11.8 Å². The number of carbonyl (C=O) groups excluding carboxylic acids is 1. The van der Waals surface area contributed by atoms with Crippen LogP contribution in [0.5, 0.6) is 0 Å². The number of Topliss-reactive ketones (excluding diaryl/α,β-unsaturated/α-hetero) is 1. The first-order chi connectivity index (χ1) is 12.8. The van der Waals surface area contributed by atoms with Crippen molar-refractivity contribution < 1.29 is 13.2 Å². The minimum atomic E-state index is -2.95. The molecule has 1 aromatic carbocycles. The smallest absolute Gasteiger partial charge is 0.174 e. The zero-order chi connectivity index (χ0) is 19.2. The van der Waals surface area contributed by atoms with Gasteiger partial charge in [-0.15, -0.1) is 11.8 Å². The van der Waals surface area contributed by atoms with Gasteiger partial charge in [-0.05, 0) is 68.9 Å². The van der Waals surface area contributed by atoms with Crippen LogP contribution in [0.1, 0.15) is 51.8 Å². The molecule has 0 spiro atoms. The van der Waals surface area contributed by atoms with Gasteiger partial charge in [-0.3, -0.25) is 4.79 Å². The lowest BCUT2D eigenvalue weighted by Crippen LogP contribution is -2.14. The summed E-state index contributed by atoms with van der Waals surface area (Å²) in [5.41, 5.74) is 5.47. The number of sulfone groups is 1. The first-order valence-corrected chi connectivity index (χ1v) is 12.3. The molecule has 1 aromatic heterocycles. The first kappa shape index (κ1) is 18.8. The van der Waals surface area contributed by atoms with Crippen molar-refractivity contribution in [3.05, 3.63) is 52.3 Å². The topological polar surface area (TPSA) is 56.1 Å². The molecule has 0 N–H and O–H groups in total. The lowest BCUT2D eigenvalue weighted by atomic mass is 10.1. The largest absolute Gasteiger partial charge is 0.344 e. The predicted octanol–water partition coefficient (Wildman–Crippen LogP) is 3.93. The molecule has 1 atom stereocenters. The van der Waals surface area contributed by atoms with Crippen molar-refractivity contribution >= 4 is 27.4 Å². The lowest BCUT2D eigenvalue weighted by molar-refractivity contribution is 0.102. The molecule has 1 saturated heterocycles. The number of fused-ring (bicyclic) bond motifs is 1. The van der Waals surface area contributed by atoms with Crippen LogP contribution in [0.15, 0.2) is 29.2 Å². The summed E-state index contributed by atoms with van der Waals surface area (Å²) in [5.74, 6) is 0.944. The number of thioether (sulfide) groups is 1. The van der Waals surface area contributed by atoms with Gasteiger partial charge in [0.25, 0.3) is 0 Å². The van der Waals surface area contributed by atoms with E-state index in [2.05, 4.69) is 22.8 Å². The maximum atomic E-state index is 12.8. The van der Waals surface area contributed by atoms with Crippen molar-refractivity contribution in [1.82, 2.24) is 4.57 Å². The van der Waals surface area contributed by atoms with Crippen molar-refractivity contribution in [1.29, 1.82) is 0 Å². The molecule has 4 nitrogen and oxygen atoms in total. The van der Waals surface area contributed by atoms with E-state index >= 15 is 0 Å². The number of rotatable bonds is 5. The van der Waals surface area contributed by atoms with Gasteiger partial charge in [0.05, 0.1) is 17.3 Å². The predicted molar refractivity (Wildman–Crippen MR) is 110 cm³/mol. The van der Waals surface area contributed by atoms with E-state index < -0.39 is 9.84 Å². The van der Waals surface area contributed by atoms with Crippen LogP contribution in [0.25, 0.3) is 0 Å². The molecule has 6 heteroatoms. The van der Waals surface area contributed by atoms with Crippen LogP contribution < -0.4 is 0 Å². The number of carbonyl (C=O) groups is 1. The van der Waals surface area contributed by atoms with Crippen LogP contribution in [0.4, 0.5) is 0 Å². The number of nitrogens with zero attached hydrogens (tertiary/aromatic N) is 1. The van der Waals surface area contributed by atoms with E-state index in [1.807, 2.05) is 19.9 Å². The zero-order valence-electron chi connectivity index (χ0n) is 15.8. The van der Waals surface area contributed by atoms with E-state index in [-0.39, 0.29) is 23.3 Å². The van der Waals surface area contributed by atoms with Gasteiger partial charge >= 0.3 is 0 Å². The number of ketones is 1. The molecule has 27 heavy (non-hydrogen) atoms. The highest BCUT2D eigenvalue weighted by atomic mass is 32.2. The molecule has 0 bridgehead atoms. The third kappa shape index (κ3) is 3.74. The third-order valence-corrected chi connectivity index (χ3v) is 8.54. The van der Waals surface area contributed by atoms with Gasteiger partial charge in [-0.2, -0.15) is 0 Å². The van der Waals surface area contributed by atoms with E-state index in [0.29, 0.717) is 12.2 Å². The summed E-state index contributed by atoms with van der Waals surface area (Å²) in [7, 11) is -2.95. The second-order valence-corrected chi connectivity index (χ2v) is 11.0. The fraction of sp³-hybridized carbons (Fsp3) is 0.476. The van der Waals surface area contributed by atoms with Crippen LogP contribution in [-0.4, -0.2) is 36.0 Å². The second kappa shape index (κ2) is 7.13. The Hall–Kier alpha value is -1.53. The van der Waals surface area contributed by atoms with Gasteiger partial charge < -0.3 is 4.57 Å². The zero-order valence-corrected chi connectivity index (χ0v) is 17.5. The molecule has 1 aliphatic carbocycles. The number of hydrogen-bond donors (Lipinski definition) is 0. The maximum absolute atomic E-state index is 12.8. The van der Waals surface area contributed by atoms with E-state index in [1.165, 1.54) is 24.0 Å². The highest BCUT2D eigenvalue weighted by molar-refractivity contribution is 8.00. The average Bonchev–Trinajstić information content (AvgIpc) is 3.29. The summed E-state index contributed by atoms with van der Waals surface area (Å²) in [6.45, 7) is 3.90. The van der Waals surface area contributed by atoms with E-state index in [4.69, 9.17) is 0 Å². The molecule has 2 heterocycles. The molecule has 1 aliphatic heterocycles. The Morgan fingerprint density at radius 2 is 1.96 bits per heavy atom. The van der Waals surface area contributed by atoms with Gasteiger partial charge in [0.15, 0.2) is 15.6 Å². The van der Waals surface area contributed by atoms with Gasteiger partial charge in [0.2, 0.25) is 0 Å². The number of benzene rings is 1. The van der Waals surface area contributed by atoms with E-state index in [0.717, 1.165) is 28.3 Å². The van der Waals surface area contributed by atoms with Crippen molar-refractivity contribution in [3.8, 4) is 0 Å². The normalized spacial score (nSPS) is 20.7. The Morgan fingerprint density at radius 3 is 2.70 bits per heavy atom. The van der Waals surface area contributed by atoms with Crippen molar-refractivity contribution in [2.24, 2.45) is 0 Å².